The Labute approximate surface area is 210 Å². The van der Waals surface area contributed by atoms with Crippen molar-refractivity contribution in [2.75, 3.05) is 65.8 Å². The number of fused-ring (bicyclic) bond motifs is 3. The Bertz CT molecular complexity index is 974. The lowest BCUT2D eigenvalue weighted by Crippen LogP contribution is -2.58. The summed E-state index contributed by atoms with van der Waals surface area (Å²) in [5, 5.41) is 23.6. The highest BCUT2D eigenvalue weighted by Crippen LogP contribution is 2.47. The highest BCUT2D eigenvalue weighted by Gasteiger charge is 2.50. The maximum atomic E-state index is 13.7. The zero-order valence-corrected chi connectivity index (χ0v) is 20.4. The van der Waals surface area contributed by atoms with E-state index in [1.165, 1.54) is 0 Å². The third-order valence-electron chi connectivity index (χ3n) is 7.56. The summed E-state index contributed by atoms with van der Waals surface area (Å²) in [6, 6.07) is 6.73. The Kier molecular flexibility index (Phi) is 7.87. The first kappa shape index (κ1) is 25.2. The van der Waals surface area contributed by atoms with Gasteiger partial charge >= 0.3 is 0 Å². The summed E-state index contributed by atoms with van der Waals surface area (Å²) in [5.41, 5.74) is 1.28. The molecule has 3 N–H and O–H groups in total. The molecule has 0 bridgehead atoms. The number of amides is 2. The predicted molar refractivity (Wildman–Crippen MR) is 129 cm³/mol. The number of nitrogens with one attached hydrogen (secondary N) is 1. The van der Waals surface area contributed by atoms with Crippen molar-refractivity contribution in [3.63, 3.8) is 0 Å². The van der Waals surface area contributed by atoms with E-state index >= 15 is 0 Å². The van der Waals surface area contributed by atoms with Crippen molar-refractivity contribution in [3.05, 3.63) is 41.5 Å². The number of carbonyl (C=O) groups excluding carboxylic acids is 2. The molecule has 3 aliphatic heterocycles. The van der Waals surface area contributed by atoms with Gasteiger partial charge in [0.15, 0.2) is 0 Å². The largest absolute Gasteiger partial charge is 0.486 e. The highest BCUT2D eigenvalue weighted by atomic mass is 16.5. The molecule has 3 heterocycles. The van der Waals surface area contributed by atoms with Gasteiger partial charge in [0.1, 0.15) is 18.0 Å². The van der Waals surface area contributed by atoms with Gasteiger partial charge in [-0.15, -0.1) is 0 Å². The SMILES string of the molecule is O=C(NCCO)C1=C[C@@H](N(CCN2CCOCC2)C(=O)C2CCOC2)[C@H](O)[C@H]2Oc3ccccc3[C@@H]12. The minimum Gasteiger partial charge on any atom is -0.486 e. The number of morpholine rings is 1. The van der Waals surface area contributed by atoms with Crippen LogP contribution in [0, 0.1) is 5.92 Å². The molecule has 1 aromatic carbocycles. The number of benzene rings is 1. The van der Waals surface area contributed by atoms with Gasteiger partial charge in [-0.2, -0.15) is 0 Å². The van der Waals surface area contributed by atoms with Crippen molar-refractivity contribution in [2.45, 2.75) is 30.6 Å². The number of aliphatic hydroxyl groups is 2. The van der Waals surface area contributed by atoms with Gasteiger partial charge in [0.25, 0.3) is 0 Å². The molecule has 0 spiro atoms. The van der Waals surface area contributed by atoms with Crippen LogP contribution in [0.25, 0.3) is 0 Å². The number of hydrogen-bond acceptors (Lipinski definition) is 8. The van der Waals surface area contributed by atoms with E-state index in [1.54, 1.807) is 11.0 Å². The van der Waals surface area contributed by atoms with Gasteiger partial charge in [0, 0.05) is 50.5 Å². The summed E-state index contributed by atoms with van der Waals surface area (Å²) in [7, 11) is 0. The Morgan fingerprint density at radius 1 is 1.14 bits per heavy atom. The number of nitrogens with zero attached hydrogens (tertiary/aromatic N) is 2. The fraction of sp³-hybridized carbons (Fsp3) is 0.615. The standard InChI is InChI=1S/C26H35N3O7/c30-11-6-27-25(32)19-15-20(23(31)24-22(19)18-3-1-2-4-21(18)36-24)29(26(33)17-5-12-35-16-17)8-7-28-9-13-34-14-10-28/h1-4,15,17,20,22-24,30-31H,5-14,16H2,(H,27,32)/t17?,20-,22+,23+,24+/m1/s1. The van der Waals surface area contributed by atoms with Crippen molar-refractivity contribution in [1.82, 2.24) is 15.1 Å². The van der Waals surface area contributed by atoms with E-state index in [4.69, 9.17) is 14.2 Å². The first-order valence-corrected chi connectivity index (χ1v) is 12.8. The van der Waals surface area contributed by atoms with E-state index in [0.29, 0.717) is 57.3 Å². The van der Waals surface area contributed by atoms with E-state index in [0.717, 1.165) is 18.7 Å². The summed E-state index contributed by atoms with van der Waals surface area (Å²) in [4.78, 5) is 30.9. The van der Waals surface area contributed by atoms with Crippen LogP contribution >= 0.6 is 0 Å². The molecule has 5 atom stereocenters. The lowest BCUT2D eigenvalue weighted by atomic mass is 9.77. The average molecular weight is 502 g/mol. The van der Waals surface area contributed by atoms with E-state index in [-0.39, 0.29) is 30.9 Å². The average Bonchev–Trinajstić information content (AvgIpc) is 3.58. The number of hydrogen-bond donors (Lipinski definition) is 3. The second-order valence-electron chi connectivity index (χ2n) is 9.73. The fourth-order valence-corrected chi connectivity index (χ4v) is 5.64. The third-order valence-corrected chi connectivity index (χ3v) is 7.56. The van der Waals surface area contributed by atoms with E-state index < -0.39 is 24.2 Å². The van der Waals surface area contributed by atoms with Crippen LogP contribution in [0.4, 0.5) is 0 Å². The summed E-state index contributed by atoms with van der Waals surface area (Å²) >= 11 is 0. The van der Waals surface area contributed by atoms with Crippen molar-refractivity contribution >= 4 is 11.8 Å². The number of ether oxygens (including phenoxy) is 3. The van der Waals surface area contributed by atoms with Gasteiger partial charge in [-0.25, -0.2) is 0 Å². The molecule has 196 valence electrons. The Morgan fingerprint density at radius 2 is 1.94 bits per heavy atom. The number of aliphatic hydroxyl groups excluding tert-OH is 2. The molecule has 2 fully saturated rings. The number of carbonyl (C=O) groups is 2. The molecular weight excluding hydrogens is 466 g/mol. The van der Waals surface area contributed by atoms with Gasteiger partial charge in [-0.05, 0) is 18.6 Å². The number of para-hydroxylation sites is 1. The molecule has 0 saturated carbocycles. The zero-order chi connectivity index (χ0) is 25.1. The monoisotopic (exact) mass is 501 g/mol. The number of rotatable bonds is 8. The molecule has 10 heteroatoms. The second-order valence-corrected chi connectivity index (χ2v) is 9.73. The maximum absolute atomic E-state index is 13.7. The zero-order valence-electron chi connectivity index (χ0n) is 20.4. The molecule has 36 heavy (non-hydrogen) atoms. The first-order valence-electron chi connectivity index (χ1n) is 12.8. The lowest BCUT2D eigenvalue weighted by molar-refractivity contribution is -0.141. The normalized spacial score (nSPS) is 29.6. The van der Waals surface area contributed by atoms with Crippen molar-refractivity contribution in [1.29, 1.82) is 0 Å². The van der Waals surface area contributed by atoms with Crippen LogP contribution in [0.15, 0.2) is 35.9 Å². The van der Waals surface area contributed by atoms with Crippen molar-refractivity contribution in [2.24, 2.45) is 5.92 Å². The molecular formula is C26H35N3O7. The van der Waals surface area contributed by atoms with Gasteiger partial charge in [0.2, 0.25) is 11.8 Å². The van der Waals surface area contributed by atoms with Crippen LogP contribution in [-0.2, 0) is 19.1 Å². The summed E-state index contributed by atoms with van der Waals surface area (Å²) in [5.74, 6) is -0.520. The Hall–Kier alpha value is -2.50. The van der Waals surface area contributed by atoms with Gasteiger partial charge in [0.05, 0.1) is 44.3 Å². The molecule has 5 rings (SSSR count). The fourth-order valence-electron chi connectivity index (χ4n) is 5.64. The third kappa shape index (κ3) is 5.01. The molecule has 4 aliphatic rings. The van der Waals surface area contributed by atoms with Gasteiger partial charge in [-0.1, -0.05) is 18.2 Å². The lowest BCUT2D eigenvalue weighted by Gasteiger charge is -2.42. The van der Waals surface area contributed by atoms with Crippen LogP contribution < -0.4 is 10.1 Å². The Morgan fingerprint density at radius 3 is 2.69 bits per heavy atom. The van der Waals surface area contributed by atoms with Crippen molar-refractivity contribution < 1.29 is 34.0 Å². The van der Waals surface area contributed by atoms with Crippen LogP contribution in [0.1, 0.15) is 17.9 Å². The van der Waals surface area contributed by atoms with Gasteiger partial charge in [-0.3, -0.25) is 14.5 Å². The predicted octanol–water partition coefficient (Wildman–Crippen LogP) is -0.493. The first-order chi connectivity index (χ1) is 17.6. The van der Waals surface area contributed by atoms with Gasteiger partial charge < -0.3 is 34.6 Å². The van der Waals surface area contributed by atoms with Crippen LogP contribution in [-0.4, -0.2) is 116 Å². The minimum absolute atomic E-state index is 0.0786. The topological polar surface area (TPSA) is 121 Å². The molecule has 2 amide bonds. The van der Waals surface area contributed by atoms with E-state index in [1.807, 2.05) is 24.3 Å². The molecule has 10 nitrogen and oxygen atoms in total. The second kappa shape index (κ2) is 11.3. The summed E-state index contributed by atoms with van der Waals surface area (Å²) in [6.07, 6.45) is 0.646. The Balaban J connectivity index is 1.47. The van der Waals surface area contributed by atoms with Crippen molar-refractivity contribution in [3.8, 4) is 5.75 Å². The highest BCUT2D eigenvalue weighted by molar-refractivity contribution is 5.96. The summed E-state index contributed by atoms with van der Waals surface area (Å²) in [6.45, 7) is 4.75. The maximum Gasteiger partial charge on any atom is 0.247 e. The molecule has 0 aromatic heterocycles. The smallest absolute Gasteiger partial charge is 0.247 e. The molecule has 1 aliphatic carbocycles. The quantitative estimate of drug-likeness (QED) is 0.436. The van der Waals surface area contributed by atoms with Crippen LogP contribution in [0.3, 0.4) is 0 Å². The minimum atomic E-state index is -1.02. The van der Waals surface area contributed by atoms with E-state index in [2.05, 4.69) is 10.2 Å². The van der Waals surface area contributed by atoms with Crippen LogP contribution in [0.5, 0.6) is 5.75 Å². The summed E-state index contributed by atoms with van der Waals surface area (Å²) < 4.78 is 17.1. The molecule has 1 aromatic rings. The molecule has 1 unspecified atom stereocenters. The molecule has 2 saturated heterocycles. The molecule has 0 radical (unpaired) electrons. The van der Waals surface area contributed by atoms with Crippen LogP contribution in [0.2, 0.25) is 0 Å². The van der Waals surface area contributed by atoms with E-state index in [9.17, 15) is 19.8 Å².